The van der Waals surface area contributed by atoms with Gasteiger partial charge < -0.3 is 4.90 Å². The first-order valence-electron chi connectivity index (χ1n) is 6.65. The van der Waals surface area contributed by atoms with Gasteiger partial charge >= 0.3 is 0 Å². The van der Waals surface area contributed by atoms with Crippen molar-refractivity contribution in [2.24, 2.45) is 5.92 Å². The second-order valence-electron chi connectivity index (χ2n) is 5.34. The topological polar surface area (TPSA) is 49.4 Å². The first-order chi connectivity index (χ1) is 7.93. The summed E-state index contributed by atoms with van der Waals surface area (Å²) in [7, 11) is -3.07. The summed E-state index contributed by atoms with van der Waals surface area (Å²) >= 11 is 0. The lowest BCUT2D eigenvalue weighted by Crippen LogP contribution is -2.45. The Bertz CT molecular complexity index is 316. The third-order valence-electron chi connectivity index (χ3n) is 3.13. The van der Waals surface area contributed by atoms with Crippen LogP contribution >= 0.6 is 0 Å². The Labute approximate surface area is 106 Å². The minimum absolute atomic E-state index is 0.0110. The lowest BCUT2D eigenvalue weighted by molar-refractivity contribution is 0.174. The molecule has 1 aliphatic heterocycles. The minimum Gasteiger partial charge on any atom is -0.301 e. The largest absolute Gasteiger partial charge is 0.301 e. The molecule has 1 aliphatic rings. The summed E-state index contributed by atoms with van der Waals surface area (Å²) in [5.41, 5.74) is 0. The first-order valence-corrected chi connectivity index (χ1v) is 8.30. The molecule has 0 aromatic rings. The molecular weight excluding hydrogens is 236 g/mol. The Kier molecular flexibility index (Phi) is 5.89. The van der Waals surface area contributed by atoms with Gasteiger partial charge in [-0.2, -0.15) is 0 Å². The van der Waals surface area contributed by atoms with Gasteiger partial charge in [0.1, 0.15) is 0 Å². The van der Waals surface area contributed by atoms with Crippen molar-refractivity contribution in [2.75, 3.05) is 25.4 Å². The normalized spacial score (nSPS) is 24.8. The van der Waals surface area contributed by atoms with E-state index in [2.05, 4.69) is 16.5 Å². The molecule has 5 heteroatoms. The molecule has 1 fully saturated rings. The van der Waals surface area contributed by atoms with E-state index in [9.17, 15) is 8.42 Å². The van der Waals surface area contributed by atoms with Gasteiger partial charge in [-0.25, -0.2) is 13.1 Å². The van der Waals surface area contributed by atoms with E-state index in [1.54, 1.807) is 0 Å². The fourth-order valence-electron chi connectivity index (χ4n) is 2.51. The first kappa shape index (κ1) is 14.9. The van der Waals surface area contributed by atoms with E-state index in [1.165, 1.54) is 12.8 Å². The highest BCUT2D eigenvalue weighted by Gasteiger charge is 2.20. The molecule has 0 radical (unpaired) electrons. The highest BCUT2D eigenvalue weighted by Crippen LogP contribution is 2.15. The summed E-state index contributed by atoms with van der Waals surface area (Å²) < 4.78 is 26.0. The highest BCUT2D eigenvalue weighted by molar-refractivity contribution is 7.89. The number of rotatable bonds is 6. The van der Waals surface area contributed by atoms with Gasteiger partial charge in [0, 0.05) is 19.1 Å². The zero-order valence-corrected chi connectivity index (χ0v) is 12.1. The van der Waals surface area contributed by atoms with E-state index in [0.29, 0.717) is 6.42 Å². The molecule has 1 saturated heterocycles. The molecule has 0 aliphatic carbocycles. The minimum atomic E-state index is -3.07. The number of likely N-dealkylation sites (tertiary alicyclic amines) is 1. The maximum absolute atomic E-state index is 11.6. The van der Waals surface area contributed by atoms with Crippen molar-refractivity contribution in [3.05, 3.63) is 0 Å². The van der Waals surface area contributed by atoms with E-state index in [0.717, 1.165) is 25.6 Å². The van der Waals surface area contributed by atoms with Gasteiger partial charge in [0.2, 0.25) is 10.0 Å². The van der Waals surface area contributed by atoms with Crippen LogP contribution in [0.3, 0.4) is 0 Å². The molecular formula is C12H26N2O2S. The van der Waals surface area contributed by atoms with Crippen LogP contribution in [-0.4, -0.2) is 44.7 Å². The zero-order valence-electron chi connectivity index (χ0n) is 11.3. The van der Waals surface area contributed by atoms with Crippen LogP contribution in [0.5, 0.6) is 0 Å². The van der Waals surface area contributed by atoms with Crippen LogP contribution in [0.25, 0.3) is 0 Å². The fourth-order valence-corrected chi connectivity index (χ4v) is 3.85. The molecule has 102 valence electrons. The summed E-state index contributed by atoms with van der Waals surface area (Å²) in [6, 6.07) is 0.0110. The maximum atomic E-state index is 11.6. The number of nitrogens with zero attached hydrogens (tertiary/aromatic N) is 1. The SMILES string of the molecule is CCCS(=O)(=O)N[C@@H](C)CN1CCC[C@H](C)C1. The number of hydrogen-bond acceptors (Lipinski definition) is 3. The number of hydrogen-bond donors (Lipinski definition) is 1. The highest BCUT2D eigenvalue weighted by atomic mass is 32.2. The van der Waals surface area contributed by atoms with Crippen LogP contribution in [0.4, 0.5) is 0 Å². The van der Waals surface area contributed by atoms with Crippen molar-refractivity contribution in [1.82, 2.24) is 9.62 Å². The molecule has 0 unspecified atom stereocenters. The molecule has 1 heterocycles. The zero-order chi connectivity index (χ0) is 12.9. The van der Waals surface area contributed by atoms with Crippen LogP contribution < -0.4 is 4.72 Å². The van der Waals surface area contributed by atoms with E-state index in [4.69, 9.17) is 0 Å². The van der Waals surface area contributed by atoms with Gasteiger partial charge in [-0.1, -0.05) is 13.8 Å². The van der Waals surface area contributed by atoms with Crippen molar-refractivity contribution in [3.63, 3.8) is 0 Å². The predicted molar refractivity (Wildman–Crippen MR) is 71.5 cm³/mol. The van der Waals surface area contributed by atoms with E-state index >= 15 is 0 Å². The Hall–Kier alpha value is -0.130. The van der Waals surface area contributed by atoms with Crippen LogP contribution in [-0.2, 0) is 10.0 Å². The lowest BCUT2D eigenvalue weighted by atomic mass is 10.00. The summed E-state index contributed by atoms with van der Waals surface area (Å²) in [5.74, 6) is 0.969. The van der Waals surface area contributed by atoms with Crippen molar-refractivity contribution < 1.29 is 8.42 Å². The molecule has 1 N–H and O–H groups in total. The second-order valence-corrected chi connectivity index (χ2v) is 7.22. The van der Waals surface area contributed by atoms with Gasteiger partial charge in [0.25, 0.3) is 0 Å². The van der Waals surface area contributed by atoms with E-state index in [-0.39, 0.29) is 11.8 Å². The van der Waals surface area contributed by atoms with Crippen LogP contribution in [0.1, 0.15) is 40.0 Å². The lowest BCUT2D eigenvalue weighted by Gasteiger charge is -2.32. The molecule has 1 rings (SSSR count). The van der Waals surface area contributed by atoms with E-state index in [1.807, 2.05) is 13.8 Å². The van der Waals surface area contributed by atoms with E-state index < -0.39 is 10.0 Å². The van der Waals surface area contributed by atoms with Crippen molar-refractivity contribution in [3.8, 4) is 0 Å². The smallest absolute Gasteiger partial charge is 0.211 e. The summed E-state index contributed by atoms with van der Waals surface area (Å²) in [6.07, 6.45) is 3.20. The maximum Gasteiger partial charge on any atom is 0.211 e. The summed E-state index contributed by atoms with van der Waals surface area (Å²) in [6.45, 7) is 9.12. The van der Waals surface area contributed by atoms with Gasteiger partial charge in [0.05, 0.1) is 5.75 Å². The molecule has 0 saturated carbocycles. The molecule has 17 heavy (non-hydrogen) atoms. The summed E-state index contributed by atoms with van der Waals surface area (Å²) in [4.78, 5) is 2.37. The Balaban J connectivity index is 2.36. The fraction of sp³-hybridized carbons (Fsp3) is 1.00. The molecule has 2 atom stereocenters. The van der Waals surface area contributed by atoms with Crippen molar-refractivity contribution >= 4 is 10.0 Å². The molecule has 0 aromatic carbocycles. The van der Waals surface area contributed by atoms with Crippen LogP contribution in [0, 0.1) is 5.92 Å². The summed E-state index contributed by atoms with van der Waals surface area (Å²) in [5, 5.41) is 0. The third-order valence-corrected chi connectivity index (χ3v) is 4.83. The Morgan fingerprint density at radius 3 is 2.76 bits per heavy atom. The Morgan fingerprint density at radius 1 is 1.47 bits per heavy atom. The molecule has 4 nitrogen and oxygen atoms in total. The third kappa shape index (κ3) is 5.84. The average Bonchev–Trinajstić information content (AvgIpc) is 2.15. The molecule has 0 amide bonds. The van der Waals surface area contributed by atoms with Gasteiger partial charge in [-0.05, 0) is 38.6 Å². The molecule has 0 spiro atoms. The van der Waals surface area contributed by atoms with Crippen LogP contribution in [0.15, 0.2) is 0 Å². The number of piperidine rings is 1. The average molecular weight is 262 g/mol. The Morgan fingerprint density at radius 2 is 2.18 bits per heavy atom. The van der Waals surface area contributed by atoms with Crippen LogP contribution in [0.2, 0.25) is 0 Å². The standard InChI is InChI=1S/C12H26N2O2S/c1-4-8-17(15,16)13-12(3)10-14-7-5-6-11(2)9-14/h11-13H,4-10H2,1-3H3/t11-,12-/m0/s1. The van der Waals surface area contributed by atoms with Gasteiger partial charge in [-0.3, -0.25) is 0 Å². The molecule has 0 aromatic heterocycles. The number of sulfonamides is 1. The monoisotopic (exact) mass is 262 g/mol. The van der Waals surface area contributed by atoms with Gasteiger partial charge in [0.15, 0.2) is 0 Å². The van der Waals surface area contributed by atoms with Gasteiger partial charge in [-0.15, -0.1) is 0 Å². The quantitative estimate of drug-likeness (QED) is 0.788. The number of nitrogens with one attached hydrogen (secondary N) is 1. The molecule has 0 bridgehead atoms. The van der Waals surface area contributed by atoms with Crippen molar-refractivity contribution in [2.45, 2.75) is 46.1 Å². The predicted octanol–water partition coefficient (Wildman–Crippen LogP) is 1.44. The van der Waals surface area contributed by atoms with Crippen molar-refractivity contribution in [1.29, 1.82) is 0 Å². The second kappa shape index (κ2) is 6.71.